The van der Waals surface area contributed by atoms with Crippen molar-refractivity contribution in [2.75, 3.05) is 26.3 Å². The first kappa shape index (κ1) is 19.5. The average Bonchev–Trinajstić information content (AvgIpc) is 3.21. The number of ether oxygens (including phenoxy) is 2. The third-order valence-corrected chi connectivity index (χ3v) is 4.90. The Kier molecular flexibility index (Phi) is 6.17. The van der Waals surface area contributed by atoms with Crippen molar-refractivity contribution in [2.24, 2.45) is 0 Å². The molecule has 1 unspecified atom stereocenters. The summed E-state index contributed by atoms with van der Waals surface area (Å²) in [6, 6.07) is 14.6. The maximum absolute atomic E-state index is 13.1. The number of hydrogen-bond acceptors (Lipinski definition) is 4. The standard InChI is InChI=1S/C22H23F2N3O2/c23-17-3-1-16(2-4-17)14-27-10-12-29-22(15-27)21-13-19(25-26-21)9-11-28-20-7-5-18(24)6-8-20/h1-8,13,22H,9-12,14-15H2,(H,25,26). The van der Waals surface area contributed by atoms with Gasteiger partial charge in [0, 0.05) is 31.7 Å². The maximum atomic E-state index is 13.1. The molecule has 2 heterocycles. The van der Waals surface area contributed by atoms with E-state index < -0.39 is 0 Å². The monoisotopic (exact) mass is 399 g/mol. The molecule has 1 aliphatic rings. The quantitative estimate of drug-likeness (QED) is 0.655. The third-order valence-electron chi connectivity index (χ3n) is 4.90. The lowest BCUT2D eigenvalue weighted by molar-refractivity contribution is -0.0350. The van der Waals surface area contributed by atoms with Crippen LogP contribution in [0.25, 0.3) is 0 Å². The van der Waals surface area contributed by atoms with Crippen molar-refractivity contribution in [1.29, 1.82) is 0 Å². The van der Waals surface area contributed by atoms with Crippen LogP contribution >= 0.6 is 0 Å². The summed E-state index contributed by atoms with van der Waals surface area (Å²) < 4.78 is 37.5. The highest BCUT2D eigenvalue weighted by Crippen LogP contribution is 2.23. The van der Waals surface area contributed by atoms with Crippen molar-refractivity contribution in [1.82, 2.24) is 15.1 Å². The molecule has 0 saturated carbocycles. The second kappa shape index (κ2) is 9.15. The second-order valence-electron chi connectivity index (χ2n) is 7.09. The molecule has 7 heteroatoms. The van der Waals surface area contributed by atoms with Crippen molar-refractivity contribution in [2.45, 2.75) is 19.1 Å². The summed E-state index contributed by atoms with van der Waals surface area (Å²) in [6.07, 6.45) is 0.559. The molecule has 0 spiro atoms. The van der Waals surface area contributed by atoms with Gasteiger partial charge in [0.1, 0.15) is 23.5 Å². The van der Waals surface area contributed by atoms with Crippen LogP contribution in [0, 0.1) is 11.6 Å². The Labute approximate surface area is 168 Å². The molecule has 4 rings (SSSR count). The lowest BCUT2D eigenvalue weighted by atomic mass is 10.1. The van der Waals surface area contributed by atoms with Gasteiger partial charge in [-0.1, -0.05) is 12.1 Å². The molecule has 1 N–H and O–H groups in total. The molecule has 0 bridgehead atoms. The highest BCUT2D eigenvalue weighted by atomic mass is 19.1. The van der Waals surface area contributed by atoms with E-state index in [2.05, 4.69) is 15.1 Å². The molecule has 29 heavy (non-hydrogen) atoms. The first-order valence-corrected chi connectivity index (χ1v) is 9.67. The minimum atomic E-state index is -0.281. The van der Waals surface area contributed by atoms with Crippen LogP contribution in [-0.2, 0) is 17.7 Å². The van der Waals surface area contributed by atoms with Crippen molar-refractivity contribution < 1.29 is 18.3 Å². The summed E-state index contributed by atoms with van der Waals surface area (Å²) >= 11 is 0. The molecular formula is C22H23F2N3O2. The minimum absolute atomic E-state index is 0.104. The molecule has 1 saturated heterocycles. The molecular weight excluding hydrogens is 376 g/mol. The Morgan fingerprint density at radius 2 is 1.79 bits per heavy atom. The van der Waals surface area contributed by atoms with Gasteiger partial charge in [0.05, 0.1) is 18.9 Å². The summed E-state index contributed by atoms with van der Waals surface area (Å²) in [6.45, 7) is 3.41. The van der Waals surface area contributed by atoms with Crippen molar-refractivity contribution >= 4 is 0 Å². The topological polar surface area (TPSA) is 50.4 Å². The number of hydrogen-bond donors (Lipinski definition) is 1. The number of H-pyrrole nitrogens is 1. The lowest BCUT2D eigenvalue weighted by Gasteiger charge is -2.32. The van der Waals surface area contributed by atoms with Crippen LogP contribution in [0.2, 0.25) is 0 Å². The van der Waals surface area contributed by atoms with E-state index in [1.54, 1.807) is 12.1 Å². The van der Waals surface area contributed by atoms with Gasteiger partial charge >= 0.3 is 0 Å². The maximum Gasteiger partial charge on any atom is 0.123 e. The minimum Gasteiger partial charge on any atom is -0.493 e. The zero-order chi connectivity index (χ0) is 20.1. The van der Waals surface area contributed by atoms with E-state index in [4.69, 9.17) is 9.47 Å². The highest BCUT2D eigenvalue weighted by Gasteiger charge is 2.24. The van der Waals surface area contributed by atoms with Crippen molar-refractivity contribution in [3.63, 3.8) is 0 Å². The predicted molar refractivity (Wildman–Crippen MR) is 105 cm³/mol. The SMILES string of the molecule is Fc1ccc(CN2CCOC(c3cc(CCOc4ccc(F)cc4)[nH]n3)C2)cc1. The molecule has 0 amide bonds. The van der Waals surface area contributed by atoms with E-state index in [1.165, 1.54) is 24.3 Å². The Bertz CT molecular complexity index is 913. The van der Waals surface area contributed by atoms with Gasteiger partial charge < -0.3 is 9.47 Å². The van der Waals surface area contributed by atoms with Crippen LogP contribution < -0.4 is 4.74 Å². The van der Waals surface area contributed by atoms with Crippen LogP contribution in [-0.4, -0.2) is 41.4 Å². The number of aromatic nitrogens is 2. The summed E-state index contributed by atoms with van der Waals surface area (Å²) in [7, 11) is 0. The third kappa shape index (κ3) is 5.40. The highest BCUT2D eigenvalue weighted by molar-refractivity contribution is 5.22. The summed E-state index contributed by atoms with van der Waals surface area (Å²) in [5.74, 6) is 0.135. The number of nitrogens with one attached hydrogen (secondary N) is 1. The second-order valence-corrected chi connectivity index (χ2v) is 7.09. The molecule has 2 aromatic carbocycles. The molecule has 5 nitrogen and oxygen atoms in total. The van der Waals surface area contributed by atoms with Gasteiger partial charge in [-0.25, -0.2) is 8.78 Å². The van der Waals surface area contributed by atoms with E-state index in [0.717, 1.165) is 36.6 Å². The summed E-state index contributed by atoms with van der Waals surface area (Å²) in [4.78, 5) is 2.29. The number of nitrogens with zero attached hydrogens (tertiary/aromatic N) is 2. The van der Waals surface area contributed by atoms with Crippen molar-refractivity contribution in [3.05, 3.63) is 83.2 Å². The van der Waals surface area contributed by atoms with Gasteiger partial charge in [-0.3, -0.25) is 10.00 Å². The number of halogens is 2. The molecule has 1 atom stereocenters. The average molecular weight is 399 g/mol. The lowest BCUT2D eigenvalue weighted by Crippen LogP contribution is -2.37. The molecule has 3 aromatic rings. The predicted octanol–water partition coefficient (Wildman–Crippen LogP) is 3.88. The fourth-order valence-electron chi connectivity index (χ4n) is 3.36. The van der Waals surface area contributed by atoms with Crippen LogP contribution in [0.3, 0.4) is 0 Å². The van der Waals surface area contributed by atoms with Gasteiger partial charge in [0.25, 0.3) is 0 Å². The van der Waals surface area contributed by atoms with Crippen LogP contribution in [0.5, 0.6) is 5.75 Å². The smallest absolute Gasteiger partial charge is 0.123 e. The first-order valence-electron chi connectivity index (χ1n) is 9.67. The Morgan fingerprint density at radius 1 is 1.07 bits per heavy atom. The largest absolute Gasteiger partial charge is 0.493 e. The normalized spacial score (nSPS) is 17.4. The molecule has 1 aromatic heterocycles. The van der Waals surface area contributed by atoms with Gasteiger partial charge in [0.2, 0.25) is 0 Å². The molecule has 0 radical (unpaired) electrons. The molecule has 152 valence electrons. The van der Waals surface area contributed by atoms with E-state index in [9.17, 15) is 8.78 Å². The van der Waals surface area contributed by atoms with E-state index in [0.29, 0.717) is 25.4 Å². The molecule has 0 aliphatic carbocycles. The van der Waals surface area contributed by atoms with Gasteiger partial charge in [-0.05, 0) is 48.0 Å². The van der Waals surface area contributed by atoms with Gasteiger partial charge in [0.15, 0.2) is 0 Å². The van der Waals surface area contributed by atoms with E-state index in [1.807, 2.05) is 18.2 Å². The van der Waals surface area contributed by atoms with Crippen LogP contribution in [0.1, 0.15) is 23.1 Å². The first-order chi connectivity index (χ1) is 14.2. The Morgan fingerprint density at radius 3 is 2.55 bits per heavy atom. The Balaban J connectivity index is 1.28. The van der Waals surface area contributed by atoms with E-state index >= 15 is 0 Å². The Hall–Kier alpha value is -2.77. The molecule has 1 aliphatic heterocycles. The van der Waals surface area contributed by atoms with Gasteiger partial charge in [-0.15, -0.1) is 0 Å². The van der Waals surface area contributed by atoms with Crippen LogP contribution in [0.4, 0.5) is 8.78 Å². The zero-order valence-corrected chi connectivity index (χ0v) is 16.0. The number of rotatable bonds is 7. The van der Waals surface area contributed by atoms with Gasteiger partial charge in [-0.2, -0.15) is 5.10 Å². The zero-order valence-electron chi connectivity index (χ0n) is 16.0. The fourth-order valence-corrected chi connectivity index (χ4v) is 3.36. The van der Waals surface area contributed by atoms with Crippen LogP contribution in [0.15, 0.2) is 54.6 Å². The number of morpholine rings is 1. The molecule has 1 fully saturated rings. The van der Waals surface area contributed by atoms with Crippen molar-refractivity contribution in [3.8, 4) is 5.75 Å². The number of aromatic amines is 1. The summed E-state index contributed by atoms with van der Waals surface area (Å²) in [5, 5.41) is 7.44. The summed E-state index contributed by atoms with van der Waals surface area (Å²) in [5.41, 5.74) is 2.90. The fraction of sp³-hybridized carbons (Fsp3) is 0.318. The number of benzene rings is 2. The van der Waals surface area contributed by atoms with E-state index in [-0.39, 0.29) is 17.7 Å².